The van der Waals surface area contributed by atoms with Crippen LogP contribution in [0.2, 0.25) is 0 Å². The zero-order chi connectivity index (χ0) is 27.6. The Bertz CT molecular complexity index is 1440. The molecule has 0 saturated carbocycles. The minimum absolute atomic E-state index is 0.199. The lowest BCUT2D eigenvalue weighted by molar-refractivity contribution is 0.0981. The van der Waals surface area contributed by atoms with Crippen molar-refractivity contribution in [3.05, 3.63) is 66.4 Å². The Hall–Kier alpha value is -3.66. The third-order valence-electron chi connectivity index (χ3n) is 7.45. The van der Waals surface area contributed by atoms with Gasteiger partial charge in [-0.25, -0.2) is 14.7 Å². The molecule has 1 unspecified atom stereocenters. The lowest BCUT2D eigenvalue weighted by Crippen LogP contribution is -2.41. The third-order valence-corrected chi connectivity index (χ3v) is 8.68. The van der Waals surface area contributed by atoms with Gasteiger partial charge in [-0.1, -0.05) is 13.0 Å². The molecule has 4 heterocycles. The van der Waals surface area contributed by atoms with Crippen LogP contribution in [-0.2, 0) is 10.0 Å². The fourth-order valence-electron chi connectivity index (χ4n) is 5.67. The highest BCUT2D eigenvalue weighted by Gasteiger charge is 2.39. The number of rotatable bonds is 7. The summed E-state index contributed by atoms with van der Waals surface area (Å²) < 4.78 is 28.6. The van der Waals surface area contributed by atoms with Crippen LogP contribution in [0.3, 0.4) is 0 Å². The molecule has 2 N–H and O–H groups in total. The summed E-state index contributed by atoms with van der Waals surface area (Å²) in [6.45, 7) is 9.24. The molecule has 2 fully saturated rings. The number of nitrogens with one attached hydrogen (secondary N) is 2. The highest BCUT2D eigenvalue weighted by molar-refractivity contribution is 7.90. The SMILES string of the molecule is CC1CN(c2ncccc2C(=O)NS(=O)(=O)c2cccc(Nc3ccc(N4CCCCC4)cc3)n2)C(C)(C)C1. The Morgan fingerprint density at radius 2 is 1.74 bits per heavy atom. The predicted octanol–water partition coefficient (Wildman–Crippen LogP) is 4.95. The Morgan fingerprint density at radius 1 is 1.00 bits per heavy atom. The van der Waals surface area contributed by atoms with Crippen LogP contribution in [0.4, 0.5) is 23.0 Å². The summed E-state index contributed by atoms with van der Waals surface area (Å²) in [5, 5.41) is 2.92. The van der Waals surface area contributed by atoms with Crippen LogP contribution in [0, 0.1) is 5.92 Å². The summed E-state index contributed by atoms with van der Waals surface area (Å²) in [6.07, 6.45) is 6.27. The van der Waals surface area contributed by atoms with Crippen LogP contribution in [0.25, 0.3) is 0 Å². The van der Waals surface area contributed by atoms with Gasteiger partial charge in [-0.15, -0.1) is 0 Å². The van der Waals surface area contributed by atoms with Gasteiger partial charge < -0.3 is 15.1 Å². The Labute approximate surface area is 230 Å². The van der Waals surface area contributed by atoms with E-state index in [2.05, 4.69) is 62.7 Å². The number of hydrogen-bond donors (Lipinski definition) is 2. The summed E-state index contributed by atoms with van der Waals surface area (Å²) in [4.78, 5) is 26.4. The van der Waals surface area contributed by atoms with Crippen LogP contribution >= 0.6 is 0 Å². The maximum absolute atomic E-state index is 13.2. The number of carbonyl (C=O) groups excluding carboxylic acids is 1. The first kappa shape index (κ1) is 26.9. The van der Waals surface area contributed by atoms with E-state index < -0.39 is 15.9 Å². The molecule has 2 saturated heterocycles. The van der Waals surface area contributed by atoms with Crippen molar-refractivity contribution in [3.63, 3.8) is 0 Å². The molecule has 9 nitrogen and oxygen atoms in total. The second-order valence-electron chi connectivity index (χ2n) is 11.1. The highest BCUT2D eigenvalue weighted by atomic mass is 32.2. The minimum atomic E-state index is -4.23. The van der Waals surface area contributed by atoms with E-state index in [0.717, 1.165) is 31.7 Å². The first-order valence-electron chi connectivity index (χ1n) is 13.5. The van der Waals surface area contributed by atoms with Gasteiger partial charge in [-0.05, 0) is 94.0 Å². The molecule has 5 rings (SSSR count). The average Bonchev–Trinajstić information content (AvgIpc) is 3.21. The number of pyridine rings is 2. The average molecular weight is 549 g/mol. The van der Waals surface area contributed by atoms with Crippen LogP contribution in [-0.4, -0.2) is 49.5 Å². The van der Waals surface area contributed by atoms with Crippen LogP contribution in [0.15, 0.2) is 65.8 Å². The molecule has 1 amide bonds. The van der Waals surface area contributed by atoms with Crippen molar-refractivity contribution >= 4 is 38.9 Å². The third kappa shape index (κ3) is 6.00. The van der Waals surface area contributed by atoms with Crippen molar-refractivity contribution in [2.75, 3.05) is 34.8 Å². The van der Waals surface area contributed by atoms with Gasteiger partial charge in [0.25, 0.3) is 15.9 Å². The topological polar surface area (TPSA) is 108 Å². The number of nitrogens with zero attached hydrogens (tertiary/aromatic N) is 4. The van der Waals surface area contributed by atoms with Crippen LogP contribution in [0.1, 0.15) is 56.8 Å². The maximum Gasteiger partial charge on any atom is 0.281 e. The normalized spacial score (nSPS) is 19.1. The van der Waals surface area contributed by atoms with E-state index in [4.69, 9.17) is 0 Å². The molecule has 1 aromatic carbocycles. The van der Waals surface area contributed by atoms with Gasteiger partial charge in [0.1, 0.15) is 11.6 Å². The molecule has 2 aliphatic rings. The Morgan fingerprint density at radius 3 is 2.44 bits per heavy atom. The first-order chi connectivity index (χ1) is 18.6. The molecule has 0 radical (unpaired) electrons. The molecule has 206 valence electrons. The number of hydrogen-bond acceptors (Lipinski definition) is 8. The lowest BCUT2D eigenvalue weighted by Gasteiger charge is -2.33. The van der Waals surface area contributed by atoms with Crippen molar-refractivity contribution in [2.45, 2.75) is 57.0 Å². The molecule has 0 spiro atoms. The predicted molar refractivity (Wildman–Crippen MR) is 154 cm³/mol. The summed E-state index contributed by atoms with van der Waals surface area (Å²) in [5.41, 5.74) is 1.99. The Kier molecular flexibility index (Phi) is 7.48. The van der Waals surface area contributed by atoms with Gasteiger partial charge >= 0.3 is 0 Å². The smallest absolute Gasteiger partial charge is 0.281 e. The molecule has 3 aromatic rings. The number of sulfonamides is 1. The number of aromatic nitrogens is 2. The highest BCUT2D eigenvalue weighted by Crippen LogP contribution is 2.37. The molecule has 0 bridgehead atoms. The Balaban J connectivity index is 1.31. The number of carbonyl (C=O) groups is 1. The van der Waals surface area contributed by atoms with Gasteiger partial charge in [-0.2, -0.15) is 8.42 Å². The molecule has 2 aromatic heterocycles. The van der Waals surface area contributed by atoms with Crippen molar-refractivity contribution in [1.82, 2.24) is 14.7 Å². The fraction of sp³-hybridized carbons (Fsp3) is 0.414. The molecule has 2 aliphatic heterocycles. The van der Waals surface area contributed by atoms with Crippen molar-refractivity contribution in [3.8, 4) is 0 Å². The van der Waals surface area contributed by atoms with Crippen LogP contribution in [0.5, 0.6) is 0 Å². The van der Waals surface area contributed by atoms with Crippen LogP contribution < -0.4 is 19.8 Å². The summed E-state index contributed by atoms with van der Waals surface area (Å²) in [6, 6.07) is 15.9. The monoisotopic (exact) mass is 548 g/mol. The van der Waals surface area contributed by atoms with E-state index >= 15 is 0 Å². The standard InChI is InChI=1S/C29H36N6O3S/c1-21-19-29(2,3)35(20-21)27-24(9-8-16-30-27)28(36)33-39(37,38)26-11-7-10-25(32-26)31-22-12-14-23(15-13-22)34-17-5-4-6-18-34/h7-16,21H,4-6,17-20H2,1-3H3,(H,31,32)(H,33,36). The van der Waals surface area contributed by atoms with E-state index in [1.807, 2.05) is 12.1 Å². The van der Waals surface area contributed by atoms with E-state index in [9.17, 15) is 13.2 Å². The minimum Gasteiger partial charge on any atom is -0.372 e. The lowest BCUT2D eigenvalue weighted by atomic mass is 9.97. The molecular formula is C29H36N6O3S. The molecule has 1 atom stereocenters. The van der Waals surface area contributed by atoms with E-state index in [-0.39, 0.29) is 16.1 Å². The van der Waals surface area contributed by atoms with Crippen molar-refractivity contribution < 1.29 is 13.2 Å². The van der Waals surface area contributed by atoms with E-state index in [1.165, 1.54) is 31.0 Å². The van der Waals surface area contributed by atoms with Gasteiger partial charge in [0.15, 0.2) is 5.03 Å². The largest absolute Gasteiger partial charge is 0.372 e. The zero-order valence-electron chi connectivity index (χ0n) is 22.7. The number of piperidine rings is 1. The number of benzene rings is 1. The first-order valence-corrected chi connectivity index (χ1v) is 15.0. The van der Waals surface area contributed by atoms with E-state index in [0.29, 0.717) is 17.6 Å². The second kappa shape index (κ2) is 10.8. The van der Waals surface area contributed by atoms with Crippen molar-refractivity contribution in [1.29, 1.82) is 0 Å². The zero-order valence-corrected chi connectivity index (χ0v) is 23.5. The fourth-order valence-corrected chi connectivity index (χ4v) is 6.60. The molecular weight excluding hydrogens is 512 g/mol. The number of amides is 1. The maximum atomic E-state index is 13.2. The summed E-state index contributed by atoms with van der Waals surface area (Å²) in [5.74, 6) is 0.547. The quantitative estimate of drug-likeness (QED) is 0.427. The summed E-state index contributed by atoms with van der Waals surface area (Å²) >= 11 is 0. The molecule has 0 aliphatic carbocycles. The van der Waals surface area contributed by atoms with Gasteiger partial charge in [0.2, 0.25) is 0 Å². The number of anilines is 4. The van der Waals surface area contributed by atoms with Gasteiger partial charge in [-0.3, -0.25) is 4.79 Å². The van der Waals surface area contributed by atoms with Crippen molar-refractivity contribution in [2.24, 2.45) is 5.92 Å². The van der Waals surface area contributed by atoms with E-state index in [1.54, 1.807) is 30.5 Å². The molecule has 10 heteroatoms. The molecule has 39 heavy (non-hydrogen) atoms. The summed E-state index contributed by atoms with van der Waals surface area (Å²) in [7, 11) is -4.23. The second-order valence-corrected chi connectivity index (χ2v) is 12.8. The van der Waals surface area contributed by atoms with Gasteiger partial charge in [0.05, 0.1) is 5.56 Å². The van der Waals surface area contributed by atoms with Gasteiger partial charge in [0, 0.05) is 42.7 Å².